The van der Waals surface area contributed by atoms with Crippen molar-refractivity contribution in [3.05, 3.63) is 121 Å². The normalized spacial score (nSPS) is 12.3. The third-order valence-electron chi connectivity index (χ3n) is 8.64. The van der Waals surface area contributed by atoms with Gasteiger partial charge in [0.15, 0.2) is 0 Å². The summed E-state index contributed by atoms with van der Waals surface area (Å²) in [6.07, 6.45) is 6.20. The highest BCUT2D eigenvalue weighted by Crippen LogP contribution is 2.51. The van der Waals surface area contributed by atoms with Gasteiger partial charge in [0.2, 0.25) is 0 Å². The number of benzene rings is 5. The Balaban J connectivity index is 1.37. The van der Waals surface area contributed by atoms with Crippen molar-refractivity contribution in [2.24, 2.45) is 0 Å². The number of para-hydroxylation sites is 7. The van der Waals surface area contributed by atoms with Gasteiger partial charge >= 0.3 is 0 Å². The number of fused-ring (bicyclic) bond motifs is 3. The van der Waals surface area contributed by atoms with Gasteiger partial charge in [0, 0.05) is 36.2 Å². The van der Waals surface area contributed by atoms with Crippen LogP contribution in [-0.2, 0) is 0 Å². The summed E-state index contributed by atoms with van der Waals surface area (Å²) >= 11 is 0. The Hall–Kier alpha value is -5.03. The molecule has 0 aliphatic carbocycles. The molecule has 0 saturated heterocycles. The predicted octanol–water partition coefficient (Wildman–Crippen LogP) is 10.6. The first-order valence-electron chi connectivity index (χ1n) is 15.9. The zero-order chi connectivity index (χ0) is 29.9. The minimum Gasteiger partial charge on any atom is -0.384 e. The summed E-state index contributed by atoms with van der Waals surface area (Å²) in [5.41, 5.74) is 11.2. The molecule has 5 nitrogen and oxygen atoms in total. The summed E-state index contributed by atoms with van der Waals surface area (Å²) in [5.74, 6) is 0.941. The molecule has 2 heterocycles. The molecule has 1 N–H and O–H groups in total. The van der Waals surface area contributed by atoms with Crippen molar-refractivity contribution in [1.29, 1.82) is 0 Å². The minimum absolute atomic E-state index is 0.918. The number of hydrogen-bond acceptors (Lipinski definition) is 4. The first-order valence-corrected chi connectivity index (χ1v) is 15.9. The topological polar surface area (TPSA) is 36.3 Å². The molecule has 0 atom stereocenters. The van der Waals surface area contributed by atoms with E-state index >= 15 is 0 Å². The van der Waals surface area contributed by atoms with Crippen molar-refractivity contribution in [2.45, 2.75) is 39.0 Å². The van der Waals surface area contributed by atoms with E-state index in [1.54, 1.807) is 0 Å². The standard InChI is InChI=1S/C39H39N5/c1-3-4-5-6-16-27-40-33-28-30(43-37-23-14-12-21-35(37)42(2)36-22-13-15-24-38(36)43)25-26-31(33)39-41-32-19-10-11-20-34(32)44(39)29-17-8-7-9-18-29/h7-15,17-26,28,40H,3-6,16,27H2,1-2H3. The lowest BCUT2D eigenvalue weighted by atomic mass is 10.0. The molecule has 0 saturated carbocycles. The number of hydrogen-bond donors (Lipinski definition) is 1. The van der Waals surface area contributed by atoms with Crippen LogP contribution in [0.5, 0.6) is 0 Å². The fraction of sp³-hybridized carbons (Fsp3) is 0.205. The molecule has 0 fully saturated rings. The van der Waals surface area contributed by atoms with Crippen LogP contribution >= 0.6 is 0 Å². The molecule has 1 aromatic heterocycles. The van der Waals surface area contributed by atoms with Crippen LogP contribution in [0.3, 0.4) is 0 Å². The molecule has 220 valence electrons. The van der Waals surface area contributed by atoms with E-state index in [4.69, 9.17) is 4.98 Å². The van der Waals surface area contributed by atoms with Crippen LogP contribution in [0.15, 0.2) is 121 Å². The molecule has 5 aromatic carbocycles. The smallest absolute Gasteiger partial charge is 0.147 e. The quantitative estimate of drug-likeness (QED) is 0.164. The fourth-order valence-electron chi connectivity index (χ4n) is 6.42. The molecule has 0 amide bonds. The number of aromatic nitrogens is 2. The van der Waals surface area contributed by atoms with Crippen LogP contribution in [0.25, 0.3) is 28.1 Å². The lowest BCUT2D eigenvalue weighted by Gasteiger charge is -2.38. The Bertz CT molecular complexity index is 1840. The van der Waals surface area contributed by atoms with Crippen LogP contribution in [-0.4, -0.2) is 23.1 Å². The van der Waals surface area contributed by atoms with Gasteiger partial charge < -0.3 is 15.1 Å². The van der Waals surface area contributed by atoms with Crippen LogP contribution in [0.4, 0.5) is 34.1 Å². The van der Waals surface area contributed by atoms with Crippen LogP contribution in [0.2, 0.25) is 0 Å². The van der Waals surface area contributed by atoms with Crippen LogP contribution in [0, 0.1) is 0 Å². The molecule has 5 heteroatoms. The molecule has 1 aliphatic rings. The summed E-state index contributed by atoms with van der Waals surface area (Å²) in [4.78, 5) is 9.89. The van der Waals surface area contributed by atoms with Crippen molar-refractivity contribution in [2.75, 3.05) is 28.7 Å². The summed E-state index contributed by atoms with van der Waals surface area (Å²) < 4.78 is 2.29. The number of anilines is 6. The van der Waals surface area contributed by atoms with E-state index < -0.39 is 0 Å². The fourth-order valence-corrected chi connectivity index (χ4v) is 6.42. The Morgan fingerprint density at radius 3 is 1.98 bits per heavy atom. The first-order chi connectivity index (χ1) is 21.7. The Labute approximate surface area is 260 Å². The Morgan fingerprint density at radius 1 is 0.614 bits per heavy atom. The average Bonchev–Trinajstić information content (AvgIpc) is 3.46. The summed E-state index contributed by atoms with van der Waals surface area (Å²) in [6.45, 7) is 3.19. The van der Waals surface area contributed by atoms with Gasteiger partial charge in [-0.2, -0.15) is 0 Å². The molecule has 0 unspecified atom stereocenters. The van der Waals surface area contributed by atoms with Crippen molar-refractivity contribution < 1.29 is 0 Å². The Kier molecular flexibility index (Phi) is 7.76. The minimum atomic E-state index is 0.918. The summed E-state index contributed by atoms with van der Waals surface area (Å²) in [7, 11) is 2.15. The highest BCUT2D eigenvalue weighted by Gasteiger charge is 2.28. The molecular formula is C39H39N5. The van der Waals surface area contributed by atoms with E-state index in [1.807, 2.05) is 0 Å². The van der Waals surface area contributed by atoms with Gasteiger partial charge in [-0.25, -0.2) is 4.98 Å². The molecule has 1 aliphatic heterocycles. The maximum absolute atomic E-state index is 5.22. The average molecular weight is 578 g/mol. The maximum Gasteiger partial charge on any atom is 0.147 e. The van der Waals surface area contributed by atoms with Crippen LogP contribution in [0.1, 0.15) is 39.0 Å². The van der Waals surface area contributed by atoms with Gasteiger partial charge in [-0.05, 0) is 73.2 Å². The van der Waals surface area contributed by atoms with Crippen molar-refractivity contribution in [3.8, 4) is 17.1 Å². The lowest BCUT2D eigenvalue weighted by Crippen LogP contribution is -2.24. The monoisotopic (exact) mass is 577 g/mol. The second kappa shape index (κ2) is 12.3. The summed E-state index contributed by atoms with van der Waals surface area (Å²) in [5, 5.41) is 3.86. The van der Waals surface area contributed by atoms with Crippen LogP contribution < -0.4 is 15.1 Å². The second-order valence-corrected chi connectivity index (χ2v) is 11.5. The van der Waals surface area contributed by atoms with Gasteiger partial charge in [-0.15, -0.1) is 0 Å². The van der Waals surface area contributed by atoms with Crippen molar-refractivity contribution >= 4 is 45.2 Å². The highest BCUT2D eigenvalue weighted by molar-refractivity contribution is 5.98. The van der Waals surface area contributed by atoms with E-state index in [9.17, 15) is 0 Å². The number of unbranched alkanes of at least 4 members (excludes halogenated alkanes) is 4. The molecule has 7 rings (SSSR count). The van der Waals surface area contributed by atoms with Gasteiger partial charge in [0.25, 0.3) is 0 Å². The molecule has 0 bridgehead atoms. The zero-order valence-corrected chi connectivity index (χ0v) is 25.6. The third-order valence-corrected chi connectivity index (χ3v) is 8.64. The number of nitrogens with zero attached hydrogens (tertiary/aromatic N) is 4. The van der Waals surface area contributed by atoms with Gasteiger partial charge in [0.05, 0.1) is 33.8 Å². The van der Waals surface area contributed by atoms with E-state index in [1.165, 1.54) is 48.4 Å². The van der Waals surface area contributed by atoms with E-state index in [-0.39, 0.29) is 0 Å². The maximum atomic E-state index is 5.22. The summed E-state index contributed by atoms with van der Waals surface area (Å²) in [6, 6.07) is 43.1. The predicted molar refractivity (Wildman–Crippen MR) is 187 cm³/mol. The second-order valence-electron chi connectivity index (χ2n) is 11.5. The largest absolute Gasteiger partial charge is 0.384 e. The van der Waals surface area contributed by atoms with E-state index in [0.29, 0.717) is 0 Å². The van der Waals surface area contributed by atoms with Crippen molar-refractivity contribution in [1.82, 2.24) is 9.55 Å². The van der Waals surface area contributed by atoms with E-state index in [0.717, 1.165) is 52.4 Å². The highest BCUT2D eigenvalue weighted by atomic mass is 15.3. The third kappa shape index (κ3) is 5.09. The number of rotatable bonds is 10. The Morgan fingerprint density at radius 2 is 1.25 bits per heavy atom. The lowest BCUT2D eigenvalue weighted by molar-refractivity contribution is 0.645. The molecule has 44 heavy (non-hydrogen) atoms. The molecule has 0 radical (unpaired) electrons. The van der Waals surface area contributed by atoms with Gasteiger partial charge in [0.1, 0.15) is 5.82 Å². The molecular weight excluding hydrogens is 538 g/mol. The molecule has 0 spiro atoms. The number of imidazole rings is 1. The van der Waals surface area contributed by atoms with E-state index in [2.05, 4.69) is 155 Å². The van der Waals surface area contributed by atoms with Crippen molar-refractivity contribution in [3.63, 3.8) is 0 Å². The first kappa shape index (κ1) is 27.8. The zero-order valence-electron chi connectivity index (χ0n) is 25.6. The van der Waals surface area contributed by atoms with Gasteiger partial charge in [-0.3, -0.25) is 4.57 Å². The SMILES string of the molecule is CCCCCCCNc1cc(N2c3ccccc3N(C)c3ccccc32)ccc1-c1nc2ccccc2n1-c1ccccc1. The number of nitrogens with one attached hydrogen (secondary N) is 1. The van der Waals surface area contributed by atoms with Gasteiger partial charge in [-0.1, -0.05) is 87.2 Å². The molecule has 6 aromatic rings.